The van der Waals surface area contributed by atoms with Crippen LogP contribution in [0.3, 0.4) is 0 Å². The topological polar surface area (TPSA) is 38.3 Å². The molecule has 3 nitrogen and oxygen atoms in total. The molecule has 0 spiro atoms. The third kappa shape index (κ3) is 9.04. The molecule has 1 atom stereocenters. The SMILES string of the molecule is CCCC(CC)NCCSCCC(=O)OC. The fourth-order valence-electron chi connectivity index (χ4n) is 1.49. The number of hydrogen-bond donors (Lipinski definition) is 1. The minimum atomic E-state index is -0.113. The lowest BCUT2D eigenvalue weighted by Gasteiger charge is -2.15. The predicted octanol–water partition coefficient (Wildman–Crippen LogP) is 2.45. The average Bonchev–Trinajstić information content (AvgIpc) is 2.31. The van der Waals surface area contributed by atoms with Crippen molar-refractivity contribution in [1.29, 1.82) is 0 Å². The van der Waals surface area contributed by atoms with Crippen LogP contribution in [-0.4, -0.2) is 37.2 Å². The van der Waals surface area contributed by atoms with Crippen LogP contribution < -0.4 is 5.32 Å². The van der Waals surface area contributed by atoms with Gasteiger partial charge in [0.15, 0.2) is 0 Å². The number of ether oxygens (including phenoxy) is 1. The highest BCUT2D eigenvalue weighted by molar-refractivity contribution is 7.99. The summed E-state index contributed by atoms with van der Waals surface area (Å²) < 4.78 is 4.58. The Bertz CT molecular complexity index is 176. The smallest absolute Gasteiger partial charge is 0.306 e. The summed E-state index contributed by atoms with van der Waals surface area (Å²) in [5.41, 5.74) is 0. The normalized spacial score (nSPS) is 12.4. The first-order valence-corrected chi connectivity index (χ1v) is 7.28. The maximum absolute atomic E-state index is 10.8. The van der Waals surface area contributed by atoms with Crippen LogP contribution >= 0.6 is 11.8 Å². The molecule has 0 aromatic rings. The summed E-state index contributed by atoms with van der Waals surface area (Å²) in [6.07, 6.45) is 4.21. The van der Waals surface area contributed by atoms with Crippen molar-refractivity contribution in [3.05, 3.63) is 0 Å². The summed E-state index contributed by atoms with van der Waals surface area (Å²) in [4.78, 5) is 10.8. The average molecular weight is 247 g/mol. The van der Waals surface area contributed by atoms with Gasteiger partial charge in [-0.3, -0.25) is 4.79 Å². The second-order valence-corrected chi connectivity index (χ2v) is 5.01. The highest BCUT2D eigenvalue weighted by Crippen LogP contribution is 2.04. The molecule has 0 fully saturated rings. The van der Waals surface area contributed by atoms with Crippen LogP contribution in [-0.2, 0) is 9.53 Å². The first-order chi connectivity index (χ1) is 7.74. The number of carbonyl (C=O) groups is 1. The monoisotopic (exact) mass is 247 g/mol. The Morgan fingerprint density at radius 1 is 1.38 bits per heavy atom. The quantitative estimate of drug-likeness (QED) is 0.475. The van der Waals surface area contributed by atoms with Gasteiger partial charge in [-0.05, 0) is 12.8 Å². The van der Waals surface area contributed by atoms with Crippen molar-refractivity contribution in [1.82, 2.24) is 5.32 Å². The number of carbonyl (C=O) groups excluding carboxylic acids is 1. The molecule has 0 radical (unpaired) electrons. The van der Waals surface area contributed by atoms with Gasteiger partial charge < -0.3 is 10.1 Å². The summed E-state index contributed by atoms with van der Waals surface area (Å²) in [5, 5.41) is 3.54. The largest absolute Gasteiger partial charge is 0.469 e. The van der Waals surface area contributed by atoms with Gasteiger partial charge in [-0.15, -0.1) is 0 Å². The van der Waals surface area contributed by atoms with Crippen LogP contribution in [0, 0.1) is 0 Å². The van der Waals surface area contributed by atoms with Crippen molar-refractivity contribution in [2.45, 2.75) is 45.6 Å². The van der Waals surface area contributed by atoms with E-state index < -0.39 is 0 Å². The van der Waals surface area contributed by atoms with Gasteiger partial charge in [0.2, 0.25) is 0 Å². The van der Waals surface area contributed by atoms with E-state index in [1.165, 1.54) is 26.4 Å². The van der Waals surface area contributed by atoms with Gasteiger partial charge >= 0.3 is 5.97 Å². The Kier molecular flexibility index (Phi) is 11.1. The lowest BCUT2D eigenvalue weighted by Crippen LogP contribution is -2.30. The molecular formula is C12H25NO2S. The standard InChI is InChI=1S/C12H25NO2S/c1-4-6-11(5-2)13-8-10-16-9-7-12(14)15-3/h11,13H,4-10H2,1-3H3. The molecular weight excluding hydrogens is 222 g/mol. The predicted molar refractivity (Wildman–Crippen MR) is 70.9 cm³/mol. The first-order valence-electron chi connectivity index (χ1n) is 6.12. The minimum absolute atomic E-state index is 0.113. The number of rotatable bonds is 10. The highest BCUT2D eigenvalue weighted by Gasteiger charge is 2.03. The molecule has 0 amide bonds. The third-order valence-electron chi connectivity index (χ3n) is 2.49. The fraction of sp³-hybridized carbons (Fsp3) is 0.917. The van der Waals surface area contributed by atoms with Gasteiger partial charge in [0, 0.05) is 24.1 Å². The molecule has 16 heavy (non-hydrogen) atoms. The molecule has 0 heterocycles. The Morgan fingerprint density at radius 3 is 2.69 bits per heavy atom. The molecule has 0 aliphatic carbocycles. The second kappa shape index (κ2) is 11.3. The molecule has 1 unspecified atom stereocenters. The van der Waals surface area contributed by atoms with Gasteiger partial charge in [0.05, 0.1) is 13.5 Å². The maximum Gasteiger partial charge on any atom is 0.306 e. The third-order valence-corrected chi connectivity index (χ3v) is 3.47. The molecule has 0 saturated carbocycles. The van der Waals surface area contributed by atoms with Crippen molar-refractivity contribution < 1.29 is 9.53 Å². The molecule has 0 rings (SSSR count). The first kappa shape index (κ1) is 15.8. The lowest BCUT2D eigenvalue weighted by atomic mass is 10.1. The van der Waals surface area contributed by atoms with E-state index in [0.29, 0.717) is 12.5 Å². The van der Waals surface area contributed by atoms with Crippen molar-refractivity contribution >= 4 is 17.7 Å². The Hall–Kier alpha value is -0.220. The summed E-state index contributed by atoms with van der Waals surface area (Å²) in [6, 6.07) is 0.659. The van der Waals surface area contributed by atoms with Crippen LogP contribution in [0.1, 0.15) is 39.5 Å². The summed E-state index contributed by atoms with van der Waals surface area (Å²) in [6.45, 7) is 5.47. The van der Waals surface area contributed by atoms with Gasteiger partial charge in [-0.25, -0.2) is 0 Å². The van der Waals surface area contributed by atoms with Crippen LogP contribution in [0.25, 0.3) is 0 Å². The Balaban J connectivity index is 3.28. The number of esters is 1. The van der Waals surface area contributed by atoms with Crippen molar-refractivity contribution in [3.63, 3.8) is 0 Å². The van der Waals surface area contributed by atoms with Crippen LogP contribution in [0.5, 0.6) is 0 Å². The molecule has 0 aromatic carbocycles. The summed E-state index contributed by atoms with van der Waals surface area (Å²) in [5.74, 6) is 1.81. The lowest BCUT2D eigenvalue weighted by molar-refractivity contribution is -0.140. The van der Waals surface area contributed by atoms with Crippen LogP contribution in [0.2, 0.25) is 0 Å². The Labute approximate surface area is 104 Å². The maximum atomic E-state index is 10.8. The summed E-state index contributed by atoms with van der Waals surface area (Å²) >= 11 is 1.80. The fourth-order valence-corrected chi connectivity index (χ4v) is 2.27. The van der Waals surface area contributed by atoms with Gasteiger partial charge in [-0.1, -0.05) is 20.3 Å². The second-order valence-electron chi connectivity index (χ2n) is 3.79. The van der Waals surface area contributed by atoms with E-state index in [-0.39, 0.29) is 5.97 Å². The van der Waals surface area contributed by atoms with Gasteiger partial charge in [-0.2, -0.15) is 11.8 Å². The van der Waals surface area contributed by atoms with E-state index >= 15 is 0 Å². The molecule has 0 aliphatic rings. The number of hydrogen-bond acceptors (Lipinski definition) is 4. The number of thioether (sulfide) groups is 1. The summed E-state index contributed by atoms with van der Waals surface area (Å²) in [7, 11) is 1.44. The molecule has 0 aliphatic heterocycles. The molecule has 0 saturated heterocycles. The molecule has 0 aromatic heterocycles. The zero-order chi connectivity index (χ0) is 12.2. The minimum Gasteiger partial charge on any atom is -0.469 e. The molecule has 4 heteroatoms. The van der Waals surface area contributed by atoms with E-state index in [1.54, 1.807) is 11.8 Å². The number of nitrogens with one attached hydrogen (secondary N) is 1. The Morgan fingerprint density at radius 2 is 2.12 bits per heavy atom. The molecule has 1 N–H and O–H groups in total. The van der Waals surface area contributed by atoms with Gasteiger partial charge in [0.25, 0.3) is 0 Å². The zero-order valence-electron chi connectivity index (χ0n) is 10.8. The molecule has 0 bridgehead atoms. The van der Waals surface area contributed by atoms with E-state index in [1.807, 2.05) is 0 Å². The van der Waals surface area contributed by atoms with Gasteiger partial charge in [0.1, 0.15) is 0 Å². The van der Waals surface area contributed by atoms with Crippen molar-refractivity contribution in [2.75, 3.05) is 25.2 Å². The van der Waals surface area contributed by atoms with Crippen molar-refractivity contribution in [3.8, 4) is 0 Å². The van der Waals surface area contributed by atoms with Crippen molar-refractivity contribution in [2.24, 2.45) is 0 Å². The van der Waals surface area contributed by atoms with E-state index in [9.17, 15) is 4.79 Å². The zero-order valence-corrected chi connectivity index (χ0v) is 11.6. The van der Waals surface area contributed by atoms with Crippen LogP contribution in [0.4, 0.5) is 0 Å². The highest BCUT2D eigenvalue weighted by atomic mass is 32.2. The number of methoxy groups -OCH3 is 1. The molecule has 96 valence electrons. The van der Waals surface area contributed by atoms with Crippen LogP contribution in [0.15, 0.2) is 0 Å². The van der Waals surface area contributed by atoms with E-state index in [4.69, 9.17) is 0 Å². The van der Waals surface area contributed by atoms with E-state index in [0.717, 1.165) is 18.1 Å². The van der Waals surface area contributed by atoms with E-state index in [2.05, 4.69) is 23.9 Å².